The number of pyridine rings is 1. The second-order valence-electron chi connectivity index (χ2n) is 7.79. The Morgan fingerprint density at radius 2 is 1.79 bits per heavy atom. The van der Waals surface area contributed by atoms with Crippen LogP contribution >= 0.6 is 11.6 Å². The number of carbonyl (C=O) groups is 1. The molecule has 164 valence electrons. The van der Waals surface area contributed by atoms with Gasteiger partial charge in [0.1, 0.15) is 11.5 Å². The van der Waals surface area contributed by atoms with Crippen molar-refractivity contribution in [3.05, 3.63) is 107 Å². The smallest absolute Gasteiger partial charge is 0.230 e. The van der Waals surface area contributed by atoms with Crippen molar-refractivity contribution in [2.24, 2.45) is 0 Å². The van der Waals surface area contributed by atoms with Crippen molar-refractivity contribution in [1.29, 1.82) is 0 Å². The van der Waals surface area contributed by atoms with E-state index in [0.717, 1.165) is 27.7 Å². The van der Waals surface area contributed by atoms with Crippen molar-refractivity contribution >= 4 is 28.3 Å². The Morgan fingerprint density at radius 1 is 1.03 bits per heavy atom. The summed E-state index contributed by atoms with van der Waals surface area (Å²) < 4.78 is 13.5. The Labute approximate surface area is 196 Å². The first kappa shape index (κ1) is 21.0. The van der Waals surface area contributed by atoms with E-state index in [4.69, 9.17) is 20.8 Å². The molecule has 3 aromatic heterocycles. The van der Waals surface area contributed by atoms with E-state index in [2.05, 4.69) is 9.55 Å². The van der Waals surface area contributed by atoms with Crippen molar-refractivity contribution in [2.75, 3.05) is 7.11 Å². The zero-order valence-corrected chi connectivity index (χ0v) is 19.0. The number of benzene rings is 2. The summed E-state index contributed by atoms with van der Waals surface area (Å²) in [7, 11) is 1.62. The standard InChI is InChI=1S/C27H21ClN2O3/c1-17-26(27(31)25-10-9-24(33-25)19-11-13-29-14-12-19)22-15-21(32-2)7-8-23(22)30(17)16-18-3-5-20(28)6-4-18/h3-15H,16H2,1-2H3. The monoisotopic (exact) mass is 456 g/mol. The number of rotatable bonds is 6. The fourth-order valence-electron chi connectivity index (χ4n) is 4.11. The van der Waals surface area contributed by atoms with Crippen LogP contribution in [0.1, 0.15) is 27.4 Å². The molecule has 2 aromatic carbocycles. The highest BCUT2D eigenvalue weighted by atomic mass is 35.5. The number of ketones is 1. The number of aromatic nitrogens is 2. The molecule has 0 radical (unpaired) electrons. The molecule has 5 rings (SSSR count). The zero-order chi connectivity index (χ0) is 22.9. The first-order valence-corrected chi connectivity index (χ1v) is 10.9. The van der Waals surface area contributed by atoms with Crippen molar-refractivity contribution < 1.29 is 13.9 Å². The van der Waals surface area contributed by atoms with E-state index in [9.17, 15) is 4.79 Å². The summed E-state index contributed by atoms with van der Waals surface area (Å²) in [6.07, 6.45) is 3.39. The molecule has 0 saturated carbocycles. The molecule has 0 unspecified atom stereocenters. The van der Waals surface area contributed by atoms with Crippen molar-refractivity contribution in [1.82, 2.24) is 9.55 Å². The Morgan fingerprint density at radius 3 is 2.52 bits per heavy atom. The van der Waals surface area contributed by atoms with Crippen LogP contribution in [0.25, 0.3) is 22.2 Å². The number of ether oxygens (including phenoxy) is 1. The third-order valence-electron chi connectivity index (χ3n) is 5.81. The van der Waals surface area contributed by atoms with Crippen molar-refractivity contribution in [3.63, 3.8) is 0 Å². The second kappa shape index (κ2) is 8.60. The predicted octanol–water partition coefficient (Wildman–Crippen LogP) is 6.55. The van der Waals surface area contributed by atoms with Gasteiger partial charge in [-0.05, 0) is 67.1 Å². The Kier molecular flexibility index (Phi) is 5.48. The lowest BCUT2D eigenvalue weighted by Crippen LogP contribution is -2.05. The van der Waals surface area contributed by atoms with Crippen LogP contribution in [0.3, 0.4) is 0 Å². The number of carbonyl (C=O) groups excluding carboxylic acids is 1. The highest BCUT2D eigenvalue weighted by molar-refractivity contribution is 6.30. The lowest BCUT2D eigenvalue weighted by atomic mass is 10.0. The van der Waals surface area contributed by atoms with Gasteiger partial charge in [0, 0.05) is 46.1 Å². The zero-order valence-electron chi connectivity index (χ0n) is 18.2. The van der Waals surface area contributed by atoms with Gasteiger partial charge in [-0.1, -0.05) is 23.7 Å². The van der Waals surface area contributed by atoms with Gasteiger partial charge in [0.15, 0.2) is 5.76 Å². The van der Waals surface area contributed by atoms with E-state index in [1.54, 1.807) is 25.6 Å². The molecule has 0 fully saturated rings. The molecule has 0 aliphatic rings. The summed E-state index contributed by atoms with van der Waals surface area (Å²) in [4.78, 5) is 17.7. The lowest BCUT2D eigenvalue weighted by Gasteiger charge is -2.09. The highest BCUT2D eigenvalue weighted by Gasteiger charge is 2.24. The second-order valence-corrected chi connectivity index (χ2v) is 8.22. The van der Waals surface area contributed by atoms with Crippen LogP contribution in [0.15, 0.2) is 83.5 Å². The van der Waals surface area contributed by atoms with Gasteiger partial charge in [-0.15, -0.1) is 0 Å². The van der Waals surface area contributed by atoms with Gasteiger partial charge < -0.3 is 13.7 Å². The number of halogens is 1. The van der Waals surface area contributed by atoms with E-state index in [1.807, 2.05) is 67.6 Å². The number of fused-ring (bicyclic) bond motifs is 1. The fraction of sp³-hybridized carbons (Fsp3) is 0.111. The Hall–Kier alpha value is -3.83. The number of hydrogen-bond donors (Lipinski definition) is 0. The van der Waals surface area contributed by atoms with Gasteiger partial charge >= 0.3 is 0 Å². The average molecular weight is 457 g/mol. The molecule has 6 heteroatoms. The van der Waals surface area contributed by atoms with Gasteiger partial charge in [0.2, 0.25) is 5.78 Å². The van der Waals surface area contributed by atoms with Crippen LogP contribution in [-0.4, -0.2) is 22.4 Å². The molecule has 0 atom stereocenters. The summed E-state index contributed by atoms with van der Waals surface area (Å²) >= 11 is 6.05. The molecular weight excluding hydrogens is 436 g/mol. The molecule has 0 N–H and O–H groups in total. The summed E-state index contributed by atoms with van der Waals surface area (Å²) in [5, 5.41) is 1.52. The minimum atomic E-state index is -0.166. The number of furan rings is 1. The molecule has 0 saturated heterocycles. The number of methoxy groups -OCH3 is 1. The van der Waals surface area contributed by atoms with Crippen LogP contribution < -0.4 is 4.74 Å². The topological polar surface area (TPSA) is 57.3 Å². The van der Waals surface area contributed by atoms with Gasteiger partial charge in [-0.3, -0.25) is 9.78 Å². The van der Waals surface area contributed by atoms with Crippen molar-refractivity contribution in [3.8, 4) is 17.1 Å². The van der Waals surface area contributed by atoms with E-state index in [-0.39, 0.29) is 5.78 Å². The third kappa shape index (κ3) is 3.92. The minimum absolute atomic E-state index is 0.166. The molecule has 5 nitrogen and oxygen atoms in total. The molecule has 5 aromatic rings. The maximum Gasteiger partial charge on any atom is 0.230 e. The SMILES string of the molecule is COc1ccc2c(c1)c(C(=O)c1ccc(-c3ccncc3)o1)c(C)n2Cc1ccc(Cl)cc1. The van der Waals surface area contributed by atoms with Crippen LogP contribution in [-0.2, 0) is 6.54 Å². The number of nitrogens with zero attached hydrogens (tertiary/aromatic N) is 2. The molecule has 0 aliphatic heterocycles. The first-order chi connectivity index (χ1) is 16.0. The maximum atomic E-state index is 13.7. The van der Waals surface area contributed by atoms with E-state index >= 15 is 0 Å². The van der Waals surface area contributed by atoms with Crippen LogP contribution in [0.5, 0.6) is 5.75 Å². The van der Waals surface area contributed by atoms with Gasteiger partial charge in [0.05, 0.1) is 12.7 Å². The van der Waals surface area contributed by atoms with Gasteiger partial charge in [-0.25, -0.2) is 0 Å². The quantitative estimate of drug-likeness (QED) is 0.272. The molecule has 3 heterocycles. The summed E-state index contributed by atoms with van der Waals surface area (Å²) in [5.74, 6) is 1.44. The van der Waals surface area contributed by atoms with Crippen molar-refractivity contribution in [2.45, 2.75) is 13.5 Å². The molecule has 0 aliphatic carbocycles. The highest BCUT2D eigenvalue weighted by Crippen LogP contribution is 2.33. The Balaban J connectivity index is 1.61. The third-order valence-corrected chi connectivity index (χ3v) is 6.06. The van der Waals surface area contributed by atoms with E-state index in [0.29, 0.717) is 34.4 Å². The summed E-state index contributed by atoms with van der Waals surface area (Å²) in [5.41, 5.74) is 4.38. The van der Waals surface area contributed by atoms with Crippen LogP contribution in [0.4, 0.5) is 0 Å². The average Bonchev–Trinajstić information content (AvgIpc) is 3.44. The number of hydrogen-bond acceptors (Lipinski definition) is 4. The lowest BCUT2D eigenvalue weighted by molar-refractivity contribution is 0.101. The minimum Gasteiger partial charge on any atom is -0.497 e. The van der Waals surface area contributed by atoms with Crippen LogP contribution in [0.2, 0.25) is 5.02 Å². The summed E-state index contributed by atoms with van der Waals surface area (Å²) in [6, 6.07) is 20.8. The van der Waals surface area contributed by atoms with E-state index in [1.165, 1.54) is 0 Å². The largest absolute Gasteiger partial charge is 0.497 e. The first-order valence-electron chi connectivity index (χ1n) is 10.5. The normalized spacial score (nSPS) is 11.1. The van der Waals surface area contributed by atoms with E-state index < -0.39 is 0 Å². The predicted molar refractivity (Wildman–Crippen MR) is 129 cm³/mol. The van der Waals surface area contributed by atoms with Gasteiger partial charge in [-0.2, -0.15) is 0 Å². The van der Waals surface area contributed by atoms with Crippen LogP contribution in [0, 0.1) is 6.92 Å². The molecule has 0 bridgehead atoms. The molecule has 0 amide bonds. The molecule has 33 heavy (non-hydrogen) atoms. The molecular formula is C27H21ClN2O3. The maximum absolute atomic E-state index is 13.7. The summed E-state index contributed by atoms with van der Waals surface area (Å²) in [6.45, 7) is 2.57. The fourth-order valence-corrected chi connectivity index (χ4v) is 4.23. The van der Waals surface area contributed by atoms with Gasteiger partial charge in [0.25, 0.3) is 0 Å². The Bertz CT molecular complexity index is 1450. The molecule has 0 spiro atoms.